The molecular formula is C16H10F3N3O. The molecule has 3 aromatic rings. The highest BCUT2D eigenvalue weighted by molar-refractivity contribution is 5.94. The molecule has 116 valence electrons. The summed E-state index contributed by atoms with van der Waals surface area (Å²) in [6, 6.07) is 9.90. The minimum atomic E-state index is -4.36. The molecule has 0 radical (unpaired) electrons. The number of alkyl halides is 3. The largest absolute Gasteiger partial charge is 0.416 e. The maximum atomic E-state index is 12.5. The molecule has 0 saturated heterocycles. The number of hydrogen-bond acceptors (Lipinski definition) is 4. The van der Waals surface area contributed by atoms with E-state index in [-0.39, 0.29) is 5.69 Å². The van der Waals surface area contributed by atoms with Crippen LogP contribution in [0.15, 0.2) is 60.0 Å². The molecule has 2 aromatic carbocycles. The lowest BCUT2D eigenvalue weighted by molar-refractivity contribution is -0.137. The molecule has 3 rings (SSSR count). The third-order valence-electron chi connectivity index (χ3n) is 3.34. The summed E-state index contributed by atoms with van der Waals surface area (Å²) in [5, 5.41) is 7.28. The second-order valence-corrected chi connectivity index (χ2v) is 4.89. The molecule has 0 aliphatic rings. The van der Waals surface area contributed by atoms with Crippen LogP contribution in [0.1, 0.15) is 5.56 Å². The Morgan fingerprint density at radius 2 is 1.65 bits per heavy atom. The predicted molar refractivity (Wildman–Crippen MR) is 81.9 cm³/mol. The number of halogens is 3. The maximum Gasteiger partial charge on any atom is 0.416 e. The third kappa shape index (κ3) is 3.13. The molecule has 0 amide bonds. The van der Waals surface area contributed by atoms with Crippen molar-refractivity contribution in [3.05, 3.63) is 65.3 Å². The van der Waals surface area contributed by atoms with Crippen molar-refractivity contribution in [2.75, 3.05) is 5.32 Å². The van der Waals surface area contributed by atoms with E-state index in [1.807, 2.05) is 0 Å². The number of aromatic nitrogens is 1. The quantitative estimate of drug-likeness (QED) is 0.658. The highest BCUT2D eigenvalue weighted by atomic mass is 19.4. The number of benzene rings is 2. The van der Waals surface area contributed by atoms with Gasteiger partial charge in [-0.25, -0.2) is 0 Å². The lowest BCUT2D eigenvalue weighted by Gasteiger charge is -2.10. The third-order valence-corrected chi connectivity index (χ3v) is 3.34. The van der Waals surface area contributed by atoms with Crippen LogP contribution in [-0.4, -0.2) is 4.98 Å². The zero-order chi connectivity index (χ0) is 16.4. The average Bonchev–Trinajstić information content (AvgIpc) is 2.54. The van der Waals surface area contributed by atoms with Crippen molar-refractivity contribution in [1.29, 1.82) is 0 Å². The Morgan fingerprint density at radius 3 is 2.30 bits per heavy atom. The van der Waals surface area contributed by atoms with Gasteiger partial charge < -0.3 is 5.32 Å². The minimum absolute atomic E-state index is 0.207. The average molecular weight is 317 g/mol. The van der Waals surface area contributed by atoms with Crippen molar-refractivity contribution in [2.45, 2.75) is 6.18 Å². The number of nitrogens with zero attached hydrogens (tertiary/aromatic N) is 2. The summed E-state index contributed by atoms with van der Waals surface area (Å²) in [6.45, 7) is 0. The van der Waals surface area contributed by atoms with Crippen molar-refractivity contribution in [2.24, 2.45) is 5.18 Å². The van der Waals surface area contributed by atoms with Crippen molar-refractivity contribution in [1.82, 2.24) is 4.98 Å². The van der Waals surface area contributed by atoms with E-state index in [4.69, 9.17) is 0 Å². The van der Waals surface area contributed by atoms with Crippen LogP contribution in [0.25, 0.3) is 10.8 Å². The molecule has 0 atom stereocenters. The number of anilines is 2. The van der Waals surface area contributed by atoms with Crippen LogP contribution in [0, 0.1) is 4.91 Å². The summed E-state index contributed by atoms with van der Waals surface area (Å²) < 4.78 is 37.6. The number of hydrogen-bond donors (Lipinski definition) is 1. The van der Waals surface area contributed by atoms with Crippen molar-refractivity contribution < 1.29 is 13.2 Å². The molecule has 1 N–H and O–H groups in total. The van der Waals surface area contributed by atoms with Gasteiger partial charge in [0.1, 0.15) is 5.69 Å². The smallest absolute Gasteiger partial charge is 0.356 e. The summed E-state index contributed by atoms with van der Waals surface area (Å²) >= 11 is 0. The Morgan fingerprint density at radius 1 is 0.957 bits per heavy atom. The first-order valence-corrected chi connectivity index (χ1v) is 6.63. The van der Waals surface area contributed by atoms with Gasteiger partial charge in [-0.2, -0.15) is 13.2 Å². The molecule has 4 nitrogen and oxygen atoms in total. The van der Waals surface area contributed by atoms with Gasteiger partial charge in [0.05, 0.1) is 11.8 Å². The van der Waals surface area contributed by atoms with Crippen molar-refractivity contribution in [3.63, 3.8) is 0 Å². The topological polar surface area (TPSA) is 54.4 Å². The molecule has 1 aromatic heterocycles. The zero-order valence-electron chi connectivity index (χ0n) is 11.6. The summed E-state index contributed by atoms with van der Waals surface area (Å²) in [6.07, 6.45) is -1.40. The number of pyridine rings is 1. The van der Waals surface area contributed by atoms with E-state index >= 15 is 0 Å². The van der Waals surface area contributed by atoms with Gasteiger partial charge in [-0.1, -0.05) is 6.07 Å². The molecule has 0 unspecified atom stereocenters. The second-order valence-electron chi connectivity index (χ2n) is 4.89. The van der Waals surface area contributed by atoms with Gasteiger partial charge in [-0.3, -0.25) is 4.98 Å². The minimum Gasteiger partial charge on any atom is -0.356 e. The Balaban J connectivity index is 1.91. The van der Waals surface area contributed by atoms with Crippen molar-refractivity contribution >= 4 is 27.8 Å². The Bertz CT molecular complexity index is 861. The maximum absolute atomic E-state index is 12.5. The van der Waals surface area contributed by atoms with Gasteiger partial charge in [-0.05, 0) is 41.6 Å². The van der Waals surface area contributed by atoms with Crippen LogP contribution in [0.5, 0.6) is 0 Å². The second kappa shape index (κ2) is 5.68. The number of nitrogens with one attached hydrogen (secondary N) is 1. The van der Waals surface area contributed by atoms with Crippen molar-refractivity contribution in [3.8, 4) is 0 Å². The molecule has 7 heteroatoms. The van der Waals surface area contributed by atoms with E-state index in [9.17, 15) is 18.1 Å². The first kappa shape index (κ1) is 15.0. The molecule has 0 bridgehead atoms. The summed E-state index contributed by atoms with van der Waals surface area (Å²) in [5.41, 5.74) is 0.638. The van der Waals surface area contributed by atoms with Gasteiger partial charge in [0.15, 0.2) is 0 Å². The summed E-state index contributed by atoms with van der Waals surface area (Å²) in [5.74, 6) is 0. The highest BCUT2D eigenvalue weighted by Gasteiger charge is 2.29. The van der Waals surface area contributed by atoms with Gasteiger partial charge in [-0.15, -0.1) is 4.91 Å². The first-order valence-electron chi connectivity index (χ1n) is 6.63. The molecular weight excluding hydrogens is 307 g/mol. The summed E-state index contributed by atoms with van der Waals surface area (Å²) in [4.78, 5) is 14.7. The molecule has 1 heterocycles. The van der Waals surface area contributed by atoms with Gasteiger partial charge in [0.2, 0.25) is 0 Å². The van der Waals surface area contributed by atoms with E-state index in [0.717, 1.165) is 17.5 Å². The Hall–Kier alpha value is -2.96. The van der Waals surface area contributed by atoms with Crippen LogP contribution in [-0.2, 0) is 6.18 Å². The number of fused-ring (bicyclic) bond motifs is 1. The lowest BCUT2D eigenvalue weighted by atomic mass is 10.1. The van der Waals surface area contributed by atoms with E-state index < -0.39 is 11.7 Å². The van der Waals surface area contributed by atoms with Gasteiger partial charge >= 0.3 is 6.18 Å². The lowest BCUT2D eigenvalue weighted by Crippen LogP contribution is -2.04. The highest BCUT2D eigenvalue weighted by Crippen LogP contribution is 2.31. The molecule has 0 spiro atoms. The van der Waals surface area contributed by atoms with Gasteiger partial charge in [0.25, 0.3) is 0 Å². The van der Waals surface area contributed by atoms with Crippen LogP contribution < -0.4 is 5.32 Å². The van der Waals surface area contributed by atoms with Crippen LogP contribution >= 0.6 is 0 Å². The molecule has 0 fully saturated rings. The number of nitroso groups, excluding NO2 is 1. The summed E-state index contributed by atoms with van der Waals surface area (Å²) in [7, 11) is 0. The molecule has 0 aliphatic heterocycles. The van der Waals surface area contributed by atoms with Crippen LogP contribution in [0.4, 0.5) is 30.2 Å². The van der Waals surface area contributed by atoms with E-state index in [1.165, 1.54) is 18.3 Å². The normalized spacial score (nSPS) is 11.4. The van der Waals surface area contributed by atoms with Crippen LogP contribution in [0.3, 0.4) is 0 Å². The zero-order valence-corrected chi connectivity index (χ0v) is 11.6. The Kier molecular flexibility index (Phi) is 3.69. The fourth-order valence-electron chi connectivity index (χ4n) is 2.21. The molecule has 0 saturated carbocycles. The van der Waals surface area contributed by atoms with Gasteiger partial charge in [0, 0.05) is 28.3 Å². The van der Waals surface area contributed by atoms with E-state index in [0.29, 0.717) is 16.8 Å². The predicted octanol–water partition coefficient (Wildman–Crippen LogP) is 5.40. The van der Waals surface area contributed by atoms with E-state index in [2.05, 4.69) is 15.5 Å². The fraction of sp³-hybridized carbons (Fsp3) is 0.0625. The molecule has 23 heavy (non-hydrogen) atoms. The van der Waals surface area contributed by atoms with Crippen LogP contribution in [0.2, 0.25) is 0 Å². The fourth-order valence-corrected chi connectivity index (χ4v) is 2.21. The molecule has 0 aliphatic carbocycles. The monoisotopic (exact) mass is 317 g/mol. The van der Waals surface area contributed by atoms with E-state index in [1.54, 1.807) is 24.4 Å². The first-order chi connectivity index (χ1) is 11.0. The SMILES string of the molecule is O=Nc1cncc2ccc(Nc3ccc(C(F)(F)F)cc3)cc12. The standard InChI is InChI=1S/C16H10F3N3O/c17-16(18,19)11-2-5-12(6-3-11)21-13-4-1-10-8-20-9-15(22-23)14(10)7-13/h1-9,21H. The number of rotatable bonds is 3. The Labute approximate surface area is 128 Å².